The Morgan fingerprint density at radius 2 is 0.565 bits per heavy atom. The van der Waals surface area contributed by atoms with Gasteiger partial charge in [-0.2, -0.15) is 0 Å². The molecule has 6 nitrogen and oxygen atoms in total. The average Bonchev–Trinajstić information content (AvgIpc) is 3.28. The zero-order valence-corrected chi connectivity index (χ0v) is 41.9. The van der Waals surface area contributed by atoms with Crippen molar-refractivity contribution in [3.8, 4) is 0 Å². The van der Waals surface area contributed by atoms with E-state index in [0.717, 1.165) is 39.3 Å². The number of hydrogen-bond acceptors (Lipinski definition) is 6. The van der Waals surface area contributed by atoms with Crippen molar-refractivity contribution in [2.75, 3.05) is 52.5 Å². The molecule has 0 saturated carbocycles. The first-order valence-electron chi connectivity index (χ1n) is 27.4. The molecular formula is C56H104N2O4. The van der Waals surface area contributed by atoms with Crippen molar-refractivity contribution in [3.63, 3.8) is 0 Å². The third-order valence-electron chi connectivity index (χ3n) is 12.9. The van der Waals surface area contributed by atoms with E-state index in [2.05, 4.69) is 37.5 Å². The number of carbonyl (C=O) groups excluding carboxylic acids is 2. The third kappa shape index (κ3) is 36.4. The first-order valence-corrected chi connectivity index (χ1v) is 27.4. The van der Waals surface area contributed by atoms with Gasteiger partial charge in [-0.05, 0) is 70.1 Å². The number of nitrogens with zero attached hydrogens (tertiary/aromatic N) is 2. The van der Waals surface area contributed by atoms with Crippen LogP contribution in [0, 0.1) is 0 Å². The molecule has 0 unspecified atom stereocenters. The maximum absolute atomic E-state index is 13.2. The lowest BCUT2D eigenvalue weighted by molar-refractivity contribution is 0.0458. The van der Waals surface area contributed by atoms with Crippen molar-refractivity contribution in [2.45, 2.75) is 259 Å². The number of esters is 2. The van der Waals surface area contributed by atoms with Crippen LogP contribution in [0.4, 0.5) is 0 Å². The monoisotopic (exact) mass is 869 g/mol. The normalized spacial score (nSPS) is 11.6. The van der Waals surface area contributed by atoms with Crippen molar-refractivity contribution < 1.29 is 19.1 Å². The van der Waals surface area contributed by atoms with Crippen LogP contribution in [0.15, 0.2) is 24.3 Å². The number of hydrogen-bond donors (Lipinski definition) is 0. The van der Waals surface area contributed by atoms with E-state index in [0.29, 0.717) is 24.3 Å². The number of unbranched alkanes of at least 4 members (excludes halogenated alkanes) is 32. The maximum Gasteiger partial charge on any atom is 0.338 e. The zero-order chi connectivity index (χ0) is 44.8. The molecule has 0 atom stereocenters. The van der Waals surface area contributed by atoms with Crippen LogP contribution in [0.1, 0.15) is 280 Å². The zero-order valence-electron chi connectivity index (χ0n) is 41.9. The molecule has 0 bridgehead atoms. The lowest BCUT2D eigenvalue weighted by atomic mass is 10.1. The highest BCUT2D eigenvalue weighted by Crippen LogP contribution is 2.15. The molecule has 1 rings (SSSR count). The van der Waals surface area contributed by atoms with Gasteiger partial charge in [0.2, 0.25) is 0 Å². The second-order valence-corrected chi connectivity index (χ2v) is 18.8. The molecule has 362 valence electrons. The van der Waals surface area contributed by atoms with E-state index < -0.39 is 0 Å². The van der Waals surface area contributed by atoms with E-state index in [-0.39, 0.29) is 11.9 Å². The van der Waals surface area contributed by atoms with Crippen LogP contribution < -0.4 is 0 Å². The standard InChI is InChI=1S/C56H104N2O4/c1-5-9-13-17-21-25-29-33-37-44-57(45-38-34-30-26-22-18-14-10-6-2)48-50-61-55(59)53-42-41-43-54(52-53)56(60)62-51-49-58(46-39-35-31-27-23-19-15-11-7-3)47-40-36-32-28-24-20-16-12-8-4/h41-43,52H,5-40,44-51H2,1-4H3. The molecule has 0 N–H and O–H groups in total. The molecule has 0 fully saturated rings. The summed E-state index contributed by atoms with van der Waals surface area (Å²) in [7, 11) is 0. The van der Waals surface area contributed by atoms with Crippen LogP contribution in [0.25, 0.3) is 0 Å². The minimum Gasteiger partial charge on any atom is -0.461 e. The van der Waals surface area contributed by atoms with Gasteiger partial charge >= 0.3 is 11.9 Å². The van der Waals surface area contributed by atoms with E-state index in [1.165, 1.54) is 231 Å². The SMILES string of the molecule is CCCCCCCCCCCN(CCCCCCCCCCC)CCOC(=O)c1cccc(C(=O)OCCN(CCCCCCCCCCC)CCCCCCCCCCC)c1. The fraction of sp³-hybridized carbons (Fsp3) is 0.857. The predicted octanol–water partition coefficient (Wildman–Crippen LogP) is 16.7. The molecule has 0 heterocycles. The fourth-order valence-corrected chi connectivity index (χ4v) is 8.73. The summed E-state index contributed by atoms with van der Waals surface area (Å²) in [5.41, 5.74) is 0.836. The molecule has 0 radical (unpaired) electrons. The second kappa shape index (κ2) is 45.6. The lowest BCUT2D eigenvalue weighted by Gasteiger charge is -2.22. The Bertz CT molecular complexity index is 986. The molecule has 1 aromatic carbocycles. The van der Waals surface area contributed by atoms with Gasteiger partial charge in [-0.25, -0.2) is 9.59 Å². The first kappa shape index (κ1) is 58.1. The second-order valence-electron chi connectivity index (χ2n) is 18.8. The summed E-state index contributed by atoms with van der Waals surface area (Å²) in [6.07, 6.45) is 47.9. The molecule has 0 spiro atoms. The van der Waals surface area contributed by atoms with E-state index >= 15 is 0 Å². The van der Waals surface area contributed by atoms with E-state index in [9.17, 15) is 9.59 Å². The smallest absolute Gasteiger partial charge is 0.338 e. The number of carbonyl (C=O) groups is 2. The molecule has 1 aromatic rings. The van der Waals surface area contributed by atoms with Gasteiger partial charge in [-0.3, -0.25) is 9.80 Å². The summed E-state index contributed by atoms with van der Waals surface area (Å²) in [5.74, 6) is -0.724. The first-order chi connectivity index (χ1) is 30.5. The van der Waals surface area contributed by atoms with Crippen molar-refractivity contribution >= 4 is 11.9 Å². The minimum absolute atomic E-state index is 0.362. The van der Waals surface area contributed by atoms with Crippen molar-refractivity contribution in [3.05, 3.63) is 35.4 Å². The summed E-state index contributed by atoms with van der Waals surface area (Å²) in [5, 5.41) is 0. The van der Waals surface area contributed by atoms with Crippen LogP contribution in [-0.4, -0.2) is 74.2 Å². The Balaban J connectivity index is 2.57. The Kier molecular flexibility index (Phi) is 42.8. The van der Waals surface area contributed by atoms with Crippen LogP contribution in [0.3, 0.4) is 0 Å². The predicted molar refractivity (Wildman–Crippen MR) is 269 cm³/mol. The van der Waals surface area contributed by atoms with Gasteiger partial charge < -0.3 is 9.47 Å². The van der Waals surface area contributed by atoms with Gasteiger partial charge in [-0.1, -0.05) is 239 Å². The molecule has 0 saturated heterocycles. The van der Waals surface area contributed by atoms with Crippen molar-refractivity contribution in [2.24, 2.45) is 0 Å². The molecule has 0 aliphatic rings. The Morgan fingerprint density at radius 1 is 0.339 bits per heavy atom. The van der Waals surface area contributed by atoms with E-state index in [1.54, 1.807) is 24.3 Å². The number of rotatable bonds is 48. The van der Waals surface area contributed by atoms with Crippen LogP contribution in [0.5, 0.6) is 0 Å². The lowest BCUT2D eigenvalue weighted by Crippen LogP contribution is -2.30. The Labute approximate surface area is 386 Å². The summed E-state index contributed by atoms with van der Waals surface area (Å²) in [6.45, 7) is 15.7. The molecule has 62 heavy (non-hydrogen) atoms. The topological polar surface area (TPSA) is 59.1 Å². The Hall–Kier alpha value is -1.92. The quantitative estimate of drug-likeness (QED) is 0.0480. The summed E-state index contributed by atoms with van der Waals surface area (Å²) >= 11 is 0. The van der Waals surface area contributed by atoms with Crippen LogP contribution in [-0.2, 0) is 9.47 Å². The maximum atomic E-state index is 13.2. The average molecular weight is 869 g/mol. The molecule has 0 aliphatic heterocycles. The van der Waals surface area contributed by atoms with Gasteiger partial charge in [0.25, 0.3) is 0 Å². The highest BCUT2D eigenvalue weighted by Gasteiger charge is 2.15. The molecule has 0 aromatic heterocycles. The largest absolute Gasteiger partial charge is 0.461 e. The summed E-state index contributed by atoms with van der Waals surface area (Å²) in [6, 6.07) is 6.92. The molecular weight excluding hydrogens is 765 g/mol. The van der Waals surface area contributed by atoms with Gasteiger partial charge in [0.1, 0.15) is 13.2 Å². The molecule has 0 amide bonds. The van der Waals surface area contributed by atoms with Gasteiger partial charge in [0, 0.05) is 13.1 Å². The molecule has 6 heteroatoms. The van der Waals surface area contributed by atoms with Crippen LogP contribution in [0.2, 0.25) is 0 Å². The summed E-state index contributed by atoms with van der Waals surface area (Å²) < 4.78 is 11.6. The highest BCUT2D eigenvalue weighted by atomic mass is 16.5. The Morgan fingerprint density at radius 3 is 0.806 bits per heavy atom. The number of ether oxygens (including phenoxy) is 2. The van der Waals surface area contributed by atoms with Crippen molar-refractivity contribution in [1.82, 2.24) is 9.80 Å². The van der Waals surface area contributed by atoms with E-state index in [4.69, 9.17) is 9.47 Å². The third-order valence-corrected chi connectivity index (χ3v) is 12.9. The van der Waals surface area contributed by atoms with Crippen molar-refractivity contribution in [1.29, 1.82) is 0 Å². The highest BCUT2D eigenvalue weighted by molar-refractivity contribution is 5.95. The van der Waals surface area contributed by atoms with Gasteiger partial charge in [0.05, 0.1) is 11.1 Å². The summed E-state index contributed by atoms with van der Waals surface area (Å²) in [4.78, 5) is 31.4. The fourth-order valence-electron chi connectivity index (χ4n) is 8.73. The number of benzene rings is 1. The van der Waals surface area contributed by atoms with E-state index in [1.807, 2.05) is 0 Å². The van der Waals surface area contributed by atoms with Gasteiger partial charge in [-0.15, -0.1) is 0 Å². The van der Waals surface area contributed by atoms with Crippen LogP contribution >= 0.6 is 0 Å². The minimum atomic E-state index is -0.362. The molecule has 0 aliphatic carbocycles. The van der Waals surface area contributed by atoms with Gasteiger partial charge in [0.15, 0.2) is 0 Å².